The van der Waals surface area contributed by atoms with Crippen LogP contribution in [0.4, 0.5) is 0 Å². The van der Waals surface area contributed by atoms with Crippen molar-refractivity contribution >= 4 is 94.5 Å². The number of benzene rings is 8. The van der Waals surface area contributed by atoms with E-state index in [2.05, 4.69) is 176 Å². The van der Waals surface area contributed by atoms with Crippen LogP contribution < -0.4 is 0 Å². The van der Waals surface area contributed by atoms with Crippen molar-refractivity contribution in [2.75, 3.05) is 0 Å². The lowest BCUT2D eigenvalue weighted by molar-refractivity contribution is 1.08. The highest BCUT2D eigenvalue weighted by Gasteiger charge is 2.19. The molecule has 0 saturated heterocycles. The SMILES string of the molecule is c1ccc2c(c1)sc1cc(-c3ccc(-c4ccc(-c5nc(-c6cccc7sc8ccccc8c67)nc(-c6cccc7sc8ccccc8c67)n5)cc4)cc3)ccc12. The van der Waals surface area contributed by atoms with Gasteiger partial charge >= 0.3 is 0 Å². The second-order valence-corrected chi connectivity index (χ2v) is 17.6. The fraction of sp³-hybridized carbons (Fsp3) is 0. The van der Waals surface area contributed by atoms with Crippen LogP contribution in [0.25, 0.3) is 117 Å². The van der Waals surface area contributed by atoms with E-state index in [9.17, 15) is 0 Å². The fourth-order valence-electron chi connectivity index (χ4n) is 8.24. The van der Waals surface area contributed by atoms with E-state index in [-0.39, 0.29) is 0 Å². The lowest BCUT2D eigenvalue weighted by atomic mass is 9.99. The molecule has 4 aromatic heterocycles. The lowest BCUT2D eigenvalue weighted by Gasteiger charge is -2.11. The molecule has 266 valence electrons. The smallest absolute Gasteiger partial charge is 0.164 e. The molecule has 3 nitrogen and oxygen atoms in total. The maximum Gasteiger partial charge on any atom is 0.164 e. The van der Waals surface area contributed by atoms with Crippen molar-refractivity contribution in [1.82, 2.24) is 15.0 Å². The van der Waals surface area contributed by atoms with Crippen molar-refractivity contribution in [3.63, 3.8) is 0 Å². The van der Waals surface area contributed by atoms with Crippen LogP contribution in [0.2, 0.25) is 0 Å². The molecule has 0 N–H and O–H groups in total. The Bertz CT molecular complexity index is 3390. The van der Waals surface area contributed by atoms with E-state index < -0.39 is 0 Å². The highest BCUT2D eigenvalue weighted by Crippen LogP contribution is 2.43. The van der Waals surface area contributed by atoms with Gasteiger partial charge < -0.3 is 0 Å². The standard InChI is InChI=1S/C51H29N3S3/c1-4-14-41-35(9-1)36-28-27-34(29-46(36)57-41)32-21-19-30(20-22-32)31-23-25-33(26-24-31)49-52-50(39-12-7-17-44-47(39)37-10-2-5-15-42(37)55-44)54-51(53-49)40-13-8-18-45-48(40)38-11-3-6-16-43(38)56-45/h1-29H. The zero-order valence-electron chi connectivity index (χ0n) is 30.3. The number of aromatic nitrogens is 3. The average molecular weight is 780 g/mol. The number of nitrogens with zero attached hydrogens (tertiary/aromatic N) is 3. The van der Waals surface area contributed by atoms with Gasteiger partial charge in [0.05, 0.1) is 0 Å². The molecule has 0 bridgehead atoms. The van der Waals surface area contributed by atoms with E-state index in [0.717, 1.165) is 27.8 Å². The highest BCUT2D eigenvalue weighted by atomic mass is 32.1. The largest absolute Gasteiger partial charge is 0.208 e. The van der Waals surface area contributed by atoms with Gasteiger partial charge in [-0.15, -0.1) is 34.0 Å². The van der Waals surface area contributed by atoms with Gasteiger partial charge in [-0.3, -0.25) is 0 Å². The summed E-state index contributed by atoms with van der Waals surface area (Å²) < 4.78 is 7.60. The molecule has 57 heavy (non-hydrogen) atoms. The lowest BCUT2D eigenvalue weighted by Crippen LogP contribution is -2.00. The fourth-order valence-corrected chi connectivity index (χ4v) is 11.6. The van der Waals surface area contributed by atoms with Gasteiger partial charge in [-0.05, 0) is 58.7 Å². The second-order valence-electron chi connectivity index (χ2n) is 14.3. The van der Waals surface area contributed by atoms with Crippen LogP contribution in [0.3, 0.4) is 0 Å². The van der Waals surface area contributed by atoms with E-state index in [4.69, 9.17) is 15.0 Å². The number of fused-ring (bicyclic) bond motifs is 9. The summed E-state index contributed by atoms with van der Waals surface area (Å²) in [6, 6.07) is 63.2. The summed E-state index contributed by atoms with van der Waals surface area (Å²) in [5.74, 6) is 2.00. The molecule has 0 radical (unpaired) electrons. The predicted molar refractivity (Wildman–Crippen MR) is 246 cm³/mol. The van der Waals surface area contributed by atoms with Crippen LogP contribution in [0.5, 0.6) is 0 Å². The van der Waals surface area contributed by atoms with Gasteiger partial charge in [0.25, 0.3) is 0 Å². The van der Waals surface area contributed by atoms with Crippen LogP contribution in [-0.4, -0.2) is 15.0 Å². The molecular weight excluding hydrogens is 751 g/mol. The van der Waals surface area contributed by atoms with Crippen LogP contribution in [0.15, 0.2) is 176 Å². The van der Waals surface area contributed by atoms with E-state index >= 15 is 0 Å². The van der Waals surface area contributed by atoms with Crippen molar-refractivity contribution in [2.24, 2.45) is 0 Å². The quantitative estimate of drug-likeness (QED) is 0.175. The van der Waals surface area contributed by atoms with Crippen molar-refractivity contribution in [2.45, 2.75) is 0 Å². The van der Waals surface area contributed by atoms with Gasteiger partial charge in [0.15, 0.2) is 17.5 Å². The van der Waals surface area contributed by atoms with Gasteiger partial charge in [0.2, 0.25) is 0 Å². The molecule has 12 rings (SSSR count). The average Bonchev–Trinajstić information content (AvgIpc) is 3.97. The van der Waals surface area contributed by atoms with Crippen molar-refractivity contribution in [3.8, 4) is 56.4 Å². The Morgan fingerprint density at radius 1 is 0.263 bits per heavy atom. The molecule has 0 spiro atoms. The molecule has 0 aliphatic carbocycles. The molecule has 0 unspecified atom stereocenters. The molecule has 0 aliphatic heterocycles. The van der Waals surface area contributed by atoms with Gasteiger partial charge in [-0.1, -0.05) is 140 Å². The molecule has 6 heteroatoms. The number of thiophene rings is 3. The third-order valence-corrected chi connectivity index (χ3v) is 14.4. The Kier molecular flexibility index (Phi) is 7.45. The van der Waals surface area contributed by atoms with Gasteiger partial charge in [-0.2, -0.15) is 0 Å². The summed E-state index contributed by atoms with van der Waals surface area (Å²) in [5, 5.41) is 7.46. The monoisotopic (exact) mass is 779 g/mol. The highest BCUT2D eigenvalue weighted by molar-refractivity contribution is 7.26. The molecule has 4 heterocycles. The minimum Gasteiger partial charge on any atom is -0.208 e. The Hall–Kier alpha value is -6.57. The number of hydrogen-bond donors (Lipinski definition) is 0. The number of rotatable bonds is 5. The van der Waals surface area contributed by atoms with Crippen LogP contribution in [0, 0.1) is 0 Å². The molecule has 0 fully saturated rings. The first-order chi connectivity index (χ1) is 28.2. The Morgan fingerprint density at radius 3 is 1.21 bits per heavy atom. The Balaban J connectivity index is 0.957. The minimum absolute atomic E-state index is 0.654. The summed E-state index contributed by atoms with van der Waals surface area (Å²) in [6.45, 7) is 0. The molecular formula is C51H29N3S3. The van der Waals surface area contributed by atoms with Crippen molar-refractivity contribution in [3.05, 3.63) is 176 Å². The van der Waals surface area contributed by atoms with Crippen LogP contribution >= 0.6 is 34.0 Å². The maximum absolute atomic E-state index is 5.29. The summed E-state index contributed by atoms with van der Waals surface area (Å²) in [5.41, 5.74) is 7.72. The minimum atomic E-state index is 0.654. The van der Waals surface area contributed by atoms with E-state index in [1.54, 1.807) is 22.7 Å². The van der Waals surface area contributed by atoms with E-state index in [1.807, 2.05) is 11.3 Å². The predicted octanol–water partition coefficient (Wildman–Crippen LogP) is 15.3. The van der Waals surface area contributed by atoms with Gasteiger partial charge in [-0.25, -0.2) is 15.0 Å². The maximum atomic E-state index is 5.29. The van der Waals surface area contributed by atoms with E-state index in [0.29, 0.717) is 17.5 Å². The molecule has 8 aromatic carbocycles. The molecule has 0 aliphatic rings. The zero-order chi connectivity index (χ0) is 37.5. The van der Waals surface area contributed by atoms with Crippen molar-refractivity contribution < 1.29 is 0 Å². The Labute approximate surface area is 339 Å². The second kappa shape index (κ2) is 13.0. The first-order valence-corrected chi connectivity index (χ1v) is 21.4. The molecule has 0 amide bonds. The first-order valence-electron chi connectivity index (χ1n) is 18.9. The topological polar surface area (TPSA) is 38.7 Å². The zero-order valence-corrected chi connectivity index (χ0v) is 32.8. The van der Waals surface area contributed by atoms with Gasteiger partial charge in [0, 0.05) is 77.2 Å². The summed E-state index contributed by atoms with van der Waals surface area (Å²) in [4.78, 5) is 15.8. The third-order valence-electron chi connectivity index (χ3n) is 11.0. The summed E-state index contributed by atoms with van der Waals surface area (Å²) in [7, 11) is 0. The normalized spacial score (nSPS) is 11.9. The third kappa shape index (κ3) is 5.41. The number of hydrogen-bond acceptors (Lipinski definition) is 6. The van der Waals surface area contributed by atoms with Crippen LogP contribution in [-0.2, 0) is 0 Å². The van der Waals surface area contributed by atoms with E-state index in [1.165, 1.54) is 71.6 Å². The summed E-state index contributed by atoms with van der Waals surface area (Å²) in [6.07, 6.45) is 0. The molecule has 0 atom stereocenters. The summed E-state index contributed by atoms with van der Waals surface area (Å²) >= 11 is 5.47. The first kappa shape index (κ1) is 32.7. The molecule has 0 saturated carbocycles. The molecule has 12 aromatic rings. The van der Waals surface area contributed by atoms with Crippen molar-refractivity contribution in [1.29, 1.82) is 0 Å². The van der Waals surface area contributed by atoms with Crippen LogP contribution in [0.1, 0.15) is 0 Å². The van der Waals surface area contributed by atoms with Gasteiger partial charge in [0.1, 0.15) is 0 Å². The Morgan fingerprint density at radius 2 is 0.649 bits per heavy atom.